The van der Waals surface area contributed by atoms with Crippen LogP contribution in [0.15, 0.2) is 39.0 Å². The minimum absolute atomic E-state index is 0.179. The van der Waals surface area contributed by atoms with E-state index in [1.165, 1.54) is 19.2 Å². The molecule has 1 atom stereocenters. The van der Waals surface area contributed by atoms with Crippen LogP contribution in [-0.4, -0.2) is 46.1 Å². The van der Waals surface area contributed by atoms with Crippen molar-refractivity contribution >= 4 is 21.2 Å². The van der Waals surface area contributed by atoms with Crippen LogP contribution in [0.5, 0.6) is 0 Å². The maximum absolute atomic E-state index is 12.1. The predicted molar refractivity (Wildman–Crippen MR) is 72.8 cm³/mol. The van der Waals surface area contributed by atoms with E-state index in [4.69, 9.17) is 8.92 Å². The Bertz CT molecular complexity index is 539. The lowest BCUT2D eigenvalue weighted by Gasteiger charge is -2.26. The molecule has 1 heterocycles. The van der Waals surface area contributed by atoms with E-state index in [1.54, 1.807) is 18.2 Å². The van der Waals surface area contributed by atoms with E-state index in [0.717, 1.165) is 0 Å². The van der Waals surface area contributed by atoms with Gasteiger partial charge in [0.25, 0.3) is 10.0 Å². The molecule has 0 aliphatic carbocycles. The molecule has 1 fully saturated rings. The quantitative estimate of drug-likeness (QED) is 0.829. The summed E-state index contributed by atoms with van der Waals surface area (Å²) in [6, 6.07) is 8.14. The summed E-state index contributed by atoms with van der Waals surface area (Å²) >= 11 is -1.10. The number of morpholine rings is 1. The van der Waals surface area contributed by atoms with Gasteiger partial charge in [-0.25, -0.2) is 4.31 Å². The summed E-state index contributed by atoms with van der Waals surface area (Å²) < 4.78 is 40.5. The van der Waals surface area contributed by atoms with E-state index in [-0.39, 0.29) is 4.90 Å². The fourth-order valence-corrected chi connectivity index (χ4v) is 4.41. The summed E-state index contributed by atoms with van der Waals surface area (Å²) in [7, 11) is -2.23. The average Bonchev–Trinajstić information content (AvgIpc) is 2.47. The molecule has 2 rings (SSSR count). The van der Waals surface area contributed by atoms with Gasteiger partial charge in [0.2, 0.25) is 0 Å². The fourth-order valence-electron chi connectivity index (χ4n) is 1.61. The van der Waals surface area contributed by atoms with Gasteiger partial charge in [-0.1, -0.05) is 22.0 Å². The van der Waals surface area contributed by atoms with Crippen LogP contribution in [0.4, 0.5) is 0 Å². The van der Waals surface area contributed by atoms with Gasteiger partial charge in [0, 0.05) is 13.1 Å². The molecule has 0 spiro atoms. The first-order valence-corrected chi connectivity index (χ1v) is 8.28. The lowest BCUT2D eigenvalue weighted by atomic mass is 10.4. The molecule has 1 aliphatic heterocycles. The highest BCUT2D eigenvalue weighted by atomic mass is 32.3. The maximum Gasteiger partial charge on any atom is 0.290 e. The van der Waals surface area contributed by atoms with Gasteiger partial charge in [-0.15, -0.1) is 0 Å². The molecule has 1 aromatic carbocycles. The minimum atomic E-state index is -3.69. The molecule has 106 valence electrons. The van der Waals surface area contributed by atoms with Gasteiger partial charge in [-0.2, -0.15) is 8.42 Å². The van der Waals surface area contributed by atoms with Gasteiger partial charge in [-0.05, 0) is 12.1 Å². The molecule has 6 nitrogen and oxygen atoms in total. The number of rotatable bonds is 4. The van der Waals surface area contributed by atoms with E-state index in [2.05, 4.69) is 3.77 Å². The zero-order valence-electron chi connectivity index (χ0n) is 10.6. The highest BCUT2D eigenvalue weighted by molar-refractivity contribution is 7.97. The third-order valence-electron chi connectivity index (χ3n) is 2.54. The number of sulfonamides is 1. The third kappa shape index (κ3) is 3.83. The van der Waals surface area contributed by atoms with Crippen molar-refractivity contribution in [2.45, 2.75) is 4.90 Å². The molecular weight excluding hydrogens is 288 g/mol. The molecule has 1 saturated heterocycles. The van der Waals surface area contributed by atoms with Crippen molar-refractivity contribution in [1.82, 2.24) is 4.31 Å². The number of hydrogen-bond donors (Lipinski definition) is 0. The second-order valence-corrected chi connectivity index (χ2v) is 7.13. The number of hydrogen-bond acceptors (Lipinski definition) is 4. The number of nitrogens with zero attached hydrogens (tertiary/aromatic N) is 2. The van der Waals surface area contributed by atoms with Crippen molar-refractivity contribution < 1.29 is 17.3 Å². The highest BCUT2D eigenvalue weighted by Crippen LogP contribution is 2.15. The average molecular weight is 304 g/mol. The Labute approximate surface area is 115 Å². The lowest BCUT2D eigenvalue weighted by Crippen LogP contribution is -2.38. The van der Waals surface area contributed by atoms with Crippen LogP contribution < -0.4 is 0 Å². The lowest BCUT2D eigenvalue weighted by molar-refractivity contribution is 0.0733. The van der Waals surface area contributed by atoms with Crippen molar-refractivity contribution in [3.63, 3.8) is 0 Å². The zero-order valence-corrected chi connectivity index (χ0v) is 12.2. The van der Waals surface area contributed by atoms with Crippen molar-refractivity contribution in [3.8, 4) is 0 Å². The summed E-state index contributed by atoms with van der Waals surface area (Å²) in [5.74, 6) is 0. The summed E-state index contributed by atoms with van der Waals surface area (Å²) in [5.41, 5.74) is 0. The molecular formula is C11H16N2O4S2. The summed E-state index contributed by atoms with van der Waals surface area (Å²) in [5, 5.41) is 0. The van der Waals surface area contributed by atoms with Crippen LogP contribution in [0.3, 0.4) is 0 Å². The largest absolute Gasteiger partial charge is 0.379 e. The van der Waals surface area contributed by atoms with Gasteiger partial charge < -0.3 is 4.74 Å². The van der Waals surface area contributed by atoms with Crippen molar-refractivity contribution in [2.75, 3.05) is 33.4 Å². The van der Waals surface area contributed by atoms with Crippen molar-refractivity contribution in [2.24, 2.45) is 3.77 Å². The van der Waals surface area contributed by atoms with Crippen LogP contribution in [0, 0.1) is 0 Å². The summed E-state index contributed by atoms with van der Waals surface area (Å²) in [4.78, 5) is 0.179. The molecule has 1 unspecified atom stereocenters. The molecule has 0 saturated carbocycles. The van der Waals surface area contributed by atoms with E-state index >= 15 is 0 Å². The molecule has 1 aliphatic rings. The predicted octanol–water partition coefficient (Wildman–Crippen LogP) is 0.986. The van der Waals surface area contributed by atoms with E-state index < -0.39 is 21.2 Å². The Hall–Kier alpha value is -0.800. The van der Waals surface area contributed by atoms with Gasteiger partial charge >= 0.3 is 0 Å². The summed E-state index contributed by atoms with van der Waals surface area (Å²) in [6.07, 6.45) is 0. The molecule has 0 aromatic heterocycles. The zero-order chi connectivity index (χ0) is 13.7. The molecule has 0 N–H and O–H groups in total. The number of ether oxygens (including phenoxy) is 1. The standard InChI is InChI=1S/C11H16N2O4S2/c1-16-18(13-7-9-17-10-8-13)12-19(14,15)11-5-3-2-4-6-11/h2-6H,7-10H2,1H3. The molecule has 0 radical (unpaired) electrons. The molecule has 1 aromatic rings. The van der Waals surface area contributed by atoms with E-state index in [9.17, 15) is 8.42 Å². The van der Waals surface area contributed by atoms with Gasteiger partial charge in [0.15, 0.2) is 0 Å². The summed E-state index contributed by atoms with van der Waals surface area (Å²) in [6.45, 7) is 2.36. The maximum atomic E-state index is 12.1. The normalized spacial score (nSPS) is 19.4. The molecule has 19 heavy (non-hydrogen) atoms. The highest BCUT2D eigenvalue weighted by Gasteiger charge is 2.20. The first-order valence-electron chi connectivity index (χ1n) is 5.78. The Balaban J connectivity index is 2.26. The molecule has 8 heteroatoms. The Kier molecular flexibility index (Phi) is 5.06. The SMILES string of the molecule is COS(=NS(=O)(=O)c1ccccc1)N1CCOCC1. The monoisotopic (exact) mass is 304 g/mol. The fraction of sp³-hybridized carbons (Fsp3) is 0.455. The topological polar surface area (TPSA) is 68.2 Å². The number of benzene rings is 1. The van der Waals surface area contributed by atoms with Crippen LogP contribution >= 0.6 is 0 Å². The molecule has 0 bridgehead atoms. The van der Waals surface area contributed by atoms with Crippen molar-refractivity contribution in [3.05, 3.63) is 30.3 Å². The van der Waals surface area contributed by atoms with Crippen LogP contribution in [0.2, 0.25) is 0 Å². The van der Waals surface area contributed by atoms with Crippen molar-refractivity contribution in [1.29, 1.82) is 0 Å². The first kappa shape index (κ1) is 14.6. The third-order valence-corrected chi connectivity index (χ3v) is 5.81. The van der Waals surface area contributed by atoms with Gasteiger partial charge in [0.05, 0.1) is 25.2 Å². The molecule has 0 amide bonds. The smallest absolute Gasteiger partial charge is 0.290 e. The second kappa shape index (κ2) is 6.58. The van der Waals surface area contributed by atoms with Gasteiger partial charge in [0.1, 0.15) is 11.2 Å². The Morgan fingerprint density at radius 3 is 2.47 bits per heavy atom. The van der Waals surface area contributed by atoms with E-state index in [0.29, 0.717) is 26.3 Å². The van der Waals surface area contributed by atoms with Gasteiger partial charge in [-0.3, -0.25) is 4.18 Å². The Morgan fingerprint density at radius 2 is 1.89 bits per heavy atom. The second-order valence-electron chi connectivity index (χ2n) is 3.80. The first-order chi connectivity index (χ1) is 9.13. The Morgan fingerprint density at radius 1 is 1.26 bits per heavy atom. The van der Waals surface area contributed by atoms with E-state index in [1.807, 2.05) is 4.31 Å². The van der Waals surface area contributed by atoms with Crippen LogP contribution in [-0.2, 0) is 30.1 Å². The minimum Gasteiger partial charge on any atom is -0.379 e. The van der Waals surface area contributed by atoms with Crippen LogP contribution in [0.1, 0.15) is 0 Å². The van der Waals surface area contributed by atoms with Crippen LogP contribution in [0.25, 0.3) is 0 Å².